The summed E-state index contributed by atoms with van der Waals surface area (Å²) in [6.45, 7) is 3.80. The molecule has 0 bridgehead atoms. The van der Waals surface area contributed by atoms with E-state index in [1.807, 2.05) is 6.92 Å². The lowest BCUT2D eigenvalue weighted by Crippen LogP contribution is -2.43. The number of carboxylic acids is 1. The fraction of sp³-hybridized carbons (Fsp3) is 0.846. The fourth-order valence-electron chi connectivity index (χ4n) is 2.57. The Morgan fingerprint density at radius 1 is 1.47 bits per heavy atom. The molecule has 0 aromatic heterocycles. The van der Waals surface area contributed by atoms with Gasteiger partial charge in [0.1, 0.15) is 0 Å². The smallest absolute Gasteiger partial charge is 0.319 e. The van der Waals surface area contributed by atoms with Gasteiger partial charge in [-0.15, -0.1) is 0 Å². The summed E-state index contributed by atoms with van der Waals surface area (Å²) in [6.07, 6.45) is 1.97. The van der Waals surface area contributed by atoms with Gasteiger partial charge < -0.3 is 19.6 Å². The van der Waals surface area contributed by atoms with Crippen molar-refractivity contribution in [1.29, 1.82) is 0 Å². The molecule has 0 saturated carbocycles. The highest BCUT2D eigenvalue weighted by molar-refractivity contribution is 5.79. The first-order valence-corrected chi connectivity index (χ1v) is 6.69. The minimum atomic E-state index is -0.788. The second kappa shape index (κ2) is 6.75. The highest BCUT2D eigenvalue weighted by Crippen LogP contribution is 2.35. The molecule has 110 valence electrons. The topological polar surface area (TPSA) is 70.1 Å². The quantitative estimate of drug-likeness (QED) is 0.790. The van der Waals surface area contributed by atoms with Crippen LogP contribution in [0.5, 0.6) is 0 Å². The zero-order chi connectivity index (χ0) is 14.5. The second-order valence-corrected chi connectivity index (χ2v) is 5.20. The highest BCUT2D eigenvalue weighted by atomic mass is 16.5. The van der Waals surface area contributed by atoms with Gasteiger partial charge in [0.2, 0.25) is 0 Å². The molecule has 1 atom stereocenters. The van der Waals surface area contributed by atoms with Gasteiger partial charge >= 0.3 is 12.0 Å². The Morgan fingerprint density at radius 2 is 2.16 bits per heavy atom. The summed E-state index contributed by atoms with van der Waals surface area (Å²) in [5, 5.41) is 9.40. The van der Waals surface area contributed by atoms with Crippen molar-refractivity contribution in [3.8, 4) is 0 Å². The van der Waals surface area contributed by atoms with E-state index in [0.717, 1.165) is 6.42 Å². The number of urea groups is 1. The SMILES string of the molecule is CCCC1(C(=O)O)CCN(C(=O)N(C)CCOC)C1. The number of amides is 2. The van der Waals surface area contributed by atoms with Gasteiger partial charge in [-0.05, 0) is 12.8 Å². The summed E-state index contributed by atoms with van der Waals surface area (Å²) in [5.41, 5.74) is -0.757. The third-order valence-electron chi connectivity index (χ3n) is 3.76. The molecule has 1 heterocycles. The molecule has 0 radical (unpaired) electrons. The van der Waals surface area contributed by atoms with Crippen molar-refractivity contribution in [3.05, 3.63) is 0 Å². The van der Waals surface area contributed by atoms with Crippen molar-refractivity contribution in [2.45, 2.75) is 26.2 Å². The van der Waals surface area contributed by atoms with E-state index in [2.05, 4.69) is 0 Å². The highest BCUT2D eigenvalue weighted by Gasteiger charge is 2.45. The standard InChI is InChI=1S/C13H24N2O4/c1-4-5-13(11(16)17)6-7-15(10-13)12(18)14(2)8-9-19-3/h4-10H2,1-3H3,(H,16,17). The lowest BCUT2D eigenvalue weighted by Gasteiger charge is -2.27. The van der Waals surface area contributed by atoms with Crippen molar-refractivity contribution in [2.75, 3.05) is 40.4 Å². The van der Waals surface area contributed by atoms with Crippen LogP contribution in [0.15, 0.2) is 0 Å². The third-order valence-corrected chi connectivity index (χ3v) is 3.76. The molecular weight excluding hydrogens is 248 g/mol. The third kappa shape index (κ3) is 3.59. The zero-order valence-electron chi connectivity index (χ0n) is 12.0. The molecule has 1 unspecified atom stereocenters. The summed E-state index contributed by atoms with van der Waals surface area (Å²) < 4.78 is 4.94. The number of carboxylic acid groups (broad SMARTS) is 1. The van der Waals surface area contributed by atoms with Crippen molar-refractivity contribution >= 4 is 12.0 Å². The maximum Gasteiger partial charge on any atom is 0.319 e. The number of ether oxygens (including phenoxy) is 1. The second-order valence-electron chi connectivity index (χ2n) is 5.20. The largest absolute Gasteiger partial charge is 0.481 e. The number of hydrogen-bond donors (Lipinski definition) is 1. The van der Waals surface area contributed by atoms with Gasteiger partial charge in [0.25, 0.3) is 0 Å². The van der Waals surface area contributed by atoms with Gasteiger partial charge in [-0.25, -0.2) is 4.79 Å². The molecule has 0 aromatic carbocycles. The van der Waals surface area contributed by atoms with E-state index < -0.39 is 11.4 Å². The minimum absolute atomic E-state index is 0.115. The Hall–Kier alpha value is -1.30. The first-order valence-electron chi connectivity index (χ1n) is 6.69. The van der Waals surface area contributed by atoms with Gasteiger partial charge in [0.15, 0.2) is 0 Å². The fourth-order valence-corrected chi connectivity index (χ4v) is 2.57. The van der Waals surface area contributed by atoms with Crippen LogP contribution in [0.2, 0.25) is 0 Å². The van der Waals surface area contributed by atoms with Crippen LogP contribution in [0.3, 0.4) is 0 Å². The van der Waals surface area contributed by atoms with Gasteiger partial charge in [0, 0.05) is 33.8 Å². The lowest BCUT2D eigenvalue weighted by atomic mass is 9.83. The average molecular weight is 272 g/mol. The molecule has 0 aromatic rings. The normalized spacial score (nSPS) is 22.6. The van der Waals surface area contributed by atoms with Crippen LogP contribution < -0.4 is 0 Å². The van der Waals surface area contributed by atoms with E-state index in [1.165, 1.54) is 0 Å². The molecule has 6 nitrogen and oxygen atoms in total. The van der Waals surface area contributed by atoms with E-state index in [4.69, 9.17) is 4.74 Å². The number of carbonyl (C=O) groups is 2. The van der Waals surface area contributed by atoms with Gasteiger partial charge in [0.05, 0.1) is 12.0 Å². The van der Waals surface area contributed by atoms with Crippen molar-refractivity contribution in [3.63, 3.8) is 0 Å². The minimum Gasteiger partial charge on any atom is -0.481 e. The van der Waals surface area contributed by atoms with Crippen LogP contribution >= 0.6 is 0 Å². The molecule has 19 heavy (non-hydrogen) atoms. The van der Waals surface area contributed by atoms with Crippen LogP contribution in [0, 0.1) is 5.41 Å². The van der Waals surface area contributed by atoms with Crippen LogP contribution in [-0.4, -0.2) is 67.3 Å². The Kier molecular flexibility index (Phi) is 5.60. The molecule has 6 heteroatoms. The van der Waals surface area contributed by atoms with Gasteiger partial charge in [-0.1, -0.05) is 13.3 Å². The lowest BCUT2D eigenvalue weighted by molar-refractivity contribution is -0.148. The summed E-state index contributed by atoms with van der Waals surface area (Å²) >= 11 is 0. The maximum atomic E-state index is 12.2. The van der Waals surface area contributed by atoms with Crippen LogP contribution in [-0.2, 0) is 9.53 Å². The molecule has 1 aliphatic rings. The monoisotopic (exact) mass is 272 g/mol. The number of hydrogen-bond acceptors (Lipinski definition) is 3. The van der Waals surface area contributed by atoms with Gasteiger partial charge in [-0.2, -0.15) is 0 Å². The number of aliphatic carboxylic acids is 1. The summed E-state index contributed by atoms with van der Waals surface area (Å²) in [6, 6.07) is -0.115. The van der Waals surface area contributed by atoms with Crippen molar-refractivity contribution in [1.82, 2.24) is 9.80 Å². The summed E-state index contributed by atoms with van der Waals surface area (Å²) in [5.74, 6) is -0.788. The molecule has 1 N–H and O–H groups in total. The number of methoxy groups -OCH3 is 1. The number of likely N-dealkylation sites (N-methyl/N-ethyl adjacent to an activating group) is 1. The number of rotatable bonds is 6. The van der Waals surface area contributed by atoms with E-state index in [1.54, 1.807) is 24.0 Å². The predicted molar refractivity (Wildman–Crippen MR) is 71.1 cm³/mol. The van der Waals surface area contributed by atoms with E-state index in [0.29, 0.717) is 39.1 Å². The Morgan fingerprint density at radius 3 is 2.68 bits per heavy atom. The number of nitrogens with zero attached hydrogens (tertiary/aromatic N) is 2. The number of likely N-dealkylation sites (tertiary alicyclic amines) is 1. The molecule has 1 rings (SSSR count). The van der Waals surface area contributed by atoms with Crippen molar-refractivity contribution in [2.24, 2.45) is 5.41 Å². The molecule has 1 fully saturated rings. The Balaban J connectivity index is 2.63. The van der Waals surface area contributed by atoms with Crippen LogP contribution in [0.25, 0.3) is 0 Å². The molecule has 2 amide bonds. The average Bonchev–Trinajstić information content (AvgIpc) is 2.81. The van der Waals surface area contributed by atoms with Crippen LogP contribution in [0.4, 0.5) is 4.79 Å². The molecule has 0 spiro atoms. The summed E-state index contributed by atoms with van der Waals surface area (Å²) in [7, 11) is 3.30. The predicted octanol–water partition coefficient (Wildman–Crippen LogP) is 1.26. The molecule has 1 saturated heterocycles. The molecular formula is C13H24N2O4. The maximum absolute atomic E-state index is 12.2. The van der Waals surface area contributed by atoms with E-state index in [-0.39, 0.29) is 6.03 Å². The first-order chi connectivity index (χ1) is 8.96. The Labute approximate surface area is 114 Å². The summed E-state index contributed by atoms with van der Waals surface area (Å²) in [4.78, 5) is 26.8. The first kappa shape index (κ1) is 15.8. The van der Waals surface area contributed by atoms with E-state index in [9.17, 15) is 14.7 Å². The number of carbonyl (C=O) groups excluding carboxylic acids is 1. The Bertz CT molecular complexity index is 335. The van der Waals surface area contributed by atoms with Crippen molar-refractivity contribution < 1.29 is 19.4 Å². The van der Waals surface area contributed by atoms with E-state index >= 15 is 0 Å². The van der Waals surface area contributed by atoms with Gasteiger partial charge in [-0.3, -0.25) is 4.79 Å². The van der Waals surface area contributed by atoms with Crippen LogP contribution in [0.1, 0.15) is 26.2 Å². The zero-order valence-corrected chi connectivity index (χ0v) is 12.0. The molecule has 1 aliphatic heterocycles. The molecule has 0 aliphatic carbocycles.